The quantitative estimate of drug-likeness (QED) is 0.884. The Morgan fingerprint density at radius 2 is 1.94 bits per heavy atom. The van der Waals surface area contributed by atoms with Crippen LogP contribution in [0, 0.1) is 0 Å². The molecule has 0 saturated carbocycles. The lowest BCUT2D eigenvalue weighted by Gasteiger charge is -2.14. The van der Waals surface area contributed by atoms with Gasteiger partial charge >= 0.3 is 0 Å². The Bertz CT molecular complexity index is 442. The van der Waals surface area contributed by atoms with E-state index in [4.69, 9.17) is 11.6 Å². The third-order valence-electron chi connectivity index (χ3n) is 2.32. The molecule has 1 atom stereocenters. The van der Waals surface area contributed by atoms with Gasteiger partial charge in [-0.25, -0.2) is 9.97 Å². The molecule has 1 N–H and O–H groups in total. The highest BCUT2D eigenvalue weighted by molar-refractivity contribution is 6.30. The molecule has 1 aromatic carbocycles. The van der Waals surface area contributed by atoms with E-state index in [0.29, 0.717) is 0 Å². The molecule has 0 amide bonds. The summed E-state index contributed by atoms with van der Waals surface area (Å²) in [6.07, 6.45) is 3.24. The van der Waals surface area contributed by atoms with Crippen molar-refractivity contribution in [2.24, 2.45) is 0 Å². The fourth-order valence-corrected chi connectivity index (χ4v) is 1.56. The van der Waals surface area contributed by atoms with Gasteiger partial charge in [-0.05, 0) is 30.7 Å². The van der Waals surface area contributed by atoms with Gasteiger partial charge in [-0.2, -0.15) is 0 Å². The van der Waals surface area contributed by atoms with Crippen molar-refractivity contribution in [2.45, 2.75) is 13.0 Å². The maximum absolute atomic E-state index is 5.84. The van der Waals surface area contributed by atoms with Crippen LogP contribution in [-0.2, 0) is 0 Å². The molecule has 1 unspecified atom stereocenters. The van der Waals surface area contributed by atoms with E-state index in [9.17, 15) is 0 Å². The first-order valence-electron chi connectivity index (χ1n) is 5.04. The number of aromatic nitrogens is 2. The van der Waals surface area contributed by atoms with Crippen LogP contribution in [-0.4, -0.2) is 9.97 Å². The third kappa shape index (κ3) is 2.70. The van der Waals surface area contributed by atoms with Crippen LogP contribution in [0.3, 0.4) is 0 Å². The normalized spacial score (nSPS) is 12.1. The minimum atomic E-state index is 0.187. The highest BCUT2D eigenvalue weighted by Gasteiger charge is 2.05. The van der Waals surface area contributed by atoms with Gasteiger partial charge < -0.3 is 5.32 Å². The molecular weight excluding hydrogens is 222 g/mol. The number of nitrogens with zero attached hydrogens (tertiary/aromatic N) is 2. The van der Waals surface area contributed by atoms with Gasteiger partial charge in [0, 0.05) is 17.3 Å². The molecule has 3 nitrogen and oxygen atoms in total. The predicted octanol–water partition coefficient (Wildman–Crippen LogP) is 3.30. The molecule has 0 spiro atoms. The zero-order valence-electron chi connectivity index (χ0n) is 8.89. The Hall–Kier alpha value is -1.61. The standard InChI is InChI=1S/C12H12ClN3/c1-9(10-2-4-11(13)5-3-10)16-12-6-7-14-8-15-12/h2-9H,1H3,(H,14,15,16). The first kappa shape index (κ1) is 10.9. The summed E-state index contributed by atoms with van der Waals surface area (Å²) in [5.41, 5.74) is 1.17. The van der Waals surface area contributed by atoms with Crippen molar-refractivity contribution in [2.75, 3.05) is 5.32 Å². The van der Waals surface area contributed by atoms with Crippen molar-refractivity contribution in [1.29, 1.82) is 0 Å². The van der Waals surface area contributed by atoms with Gasteiger partial charge in [0.05, 0.1) is 0 Å². The fourth-order valence-electron chi connectivity index (χ4n) is 1.43. The second-order valence-corrected chi connectivity index (χ2v) is 3.95. The summed E-state index contributed by atoms with van der Waals surface area (Å²) >= 11 is 5.84. The topological polar surface area (TPSA) is 37.8 Å². The molecule has 1 aromatic heterocycles. The highest BCUT2D eigenvalue weighted by Crippen LogP contribution is 2.19. The molecule has 1 heterocycles. The number of halogens is 1. The van der Waals surface area contributed by atoms with Crippen LogP contribution < -0.4 is 5.32 Å². The van der Waals surface area contributed by atoms with E-state index in [-0.39, 0.29) is 6.04 Å². The average Bonchev–Trinajstić information content (AvgIpc) is 2.31. The van der Waals surface area contributed by atoms with E-state index >= 15 is 0 Å². The van der Waals surface area contributed by atoms with Crippen molar-refractivity contribution in [3.63, 3.8) is 0 Å². The Morgan fingerprint density at radius 3 is 2.56 bits per heavy atom. The van der Waals surface area contributed by atoms with Crippen LogP contribution in [0.15, 0.2) is 42.9 Å². The lowest BCUT2D eigenvalue weighted by molar-refractivity contribution is 0.872. The predicted molar refractivity (Wildman–Crippen MR) is 65.5 cm³/mol. The smallest absolute Gasteiger partial charge is 0.129 e. The first-order chi connectivity index (χ1) is 7.75. The Labute approximate surface area is 99.5 Å². The van der Waals surface area contributed by atoms with Gasteiger partial charge in [0.25, 0.3) is 0 Å². The largest absolute Gasteiger partial charge is 0.363 e. The molecule has 82 valence electrons. The molecule has 0 aliphatic carbocycles. The van der Waals surface area contributed by atoms with Crippen molar-refractivity contribution in [1.82, 2.24) is 9.97 Å². The van der Waals surface area contributed by atoms with Crippen LogP contribution in [0.4, 0.5) is 5.82 Å². The number of rotatable bonds is 3. The first-order valence-corrected chi connectivity index (χ1v) is 5.41. The minimum absolute atomic E-state index is 0.187. The Balaban J connectivity index is 2.09. The van der Waals surface area contributed by atoms with Crippen LogP contribution in [0.2, 0.25) is 5.02 Å². The molecule has 0 saturated heterocycles. The number of hydrogen-bond donors (Lipinski definition) is 1. The summed E-state index contributed by atoms with van der Waals surface area (Å²) < 4.78 is 0. The van der Waals surface area contributed by atoms with E-state index in [1.165, 1.54) is 11.9 Å². The van der Waals surface area contributed by atoms with Gasteiger partial charge in [-0.1, -0.05) is 23.7 Å². The van der Waals surface area contributed by atoms with Crippen LogP contribution in [0.1, 0.15) is 18.5 Å². The van der Waals surface area contributed by atoms with E-state index in [2.05, 4.69) is 22.2 Å². The van der Waals surface area contributed by atoms with Crippen molar-refractivity contribution < 1.29 is 0 Å². The third-order valence-corrected chi connectivity index (χ3v) is 2.57. The highest BCUT2D eigenvalue weighted by atomic mass is 35.5. The molecule has 16 heavy (non-hydrogen) atoms. The van der Waals surface area contributed by atoms with Gasteiger partial charge in [0.2, 0.25) is 0 Å². The van der Waals surface area contributed by atoms with Gasteiger partial charge in [0.15, 0.2) is 0 Å². The molecule has 4 heteroatoms. The number of anilines is 1. The summed E-state index contributed by atoms with van der Waals surface area (Å²) in [6, 6.07) is 9.80. The molecular formula is C12H12ClN3. The summed E-state index contributed by atoms with van der Waals surface area (Å²) in [7, 11) is 0. The Kier molecular flexibility index (Phi) is 3.37. The van der Waals surface area contributed by atoms with E-state index in [1.54, 1.807) is 6.20 Å². The molecule has 2 rings (SSSR count). The zero-order valence-corrected chi connectivity index (χ0v) is 9.65. The number of benzene rings is 1. The van der Waals surface area contributed by atoms with Gasteiger partial charge in [-0.15, -0.1) is 0 Å². The number of hydrogen-bond acceptors (Lipinski definition) is 3. The van der Waals surface area contributed by atoms with E-state index in [0.717, 1.165) is 10.8 Å². The summed E-state index contributed by atoms with van der Waals surface area (Å²) in [6.45, 7) is 2.07. The molecule has 0 fully saturated rings. The molecule has 0 bridgehead atoms. The SMILES string of the molecule is CC(Nc1ccncn1)c1ccc(Cl)cc1. The summed E-state index contributed by atoms with van der Waals surface area (Å²) in [4.78, 5) is 7.98. The lowest BCUT2D eigenvalue weighted by atomic mass is 10.1. The maximum Gasteiger partial charge on any atom is 0.129 e. The summed E-state index contributed by atoms with van der Waals surface area (Å²) in [5, 5.41) is 4.03. The van der Waals surface area contributed by atoms with E-state index < -0.39 is 0 Å². The molecule has 0 radical (unpaired) electrons. The Morgan fingerprint density at radius 1 is 1.19 bits per heavy atom. The van der Waals surface area contributed by atoms with Gasteiger partial charge in [-0.3, -0.25) is 0 Å². The van der Waals surface area contributed by atoms with Crippen LogP contribution in [0.5, 0.6) is 0 Å². The second-order valence-electron chi connectivity index (χ2n) is 3.51. The number of nitrogens with one attached hydrogen (secondary N) is 1. The zero-order chi connectivity index (χ0) is 11.4. The molecule has 2 aromatic rings. The van der Waals surface area contributed by atoms with Crippen molar-refractivity contribution in [3.8, 4) is 0 Å². The average molecular weight is 234 g/mol. The second kappa shape index (κ2) is 4.94. The molecule has 0 aliphatic rings. The molecule has 0 aliphatic heterocycles. The van der Waals surface area contributed by atoms with Crippen molar-refractivity contribution in [3.05, 3.63) is 53.4 Å². The monoisotopic (exact) mass is 233 g/mol. The summed E-state index contributed by atoms with van der Waals surface area (Å²) in [5.74, 6) is 0.817. The van der Waals surface area contributed by atoms with Crippen molar-refractivity contribution >= 4 is 17.4 Å². The van der Waals surface area contributed by atoms with Gasteiger partial charge in [0.1, 0.15) is 12.1 Å². The lowest BCUT2D eigenvalue weighted by Crippen LogP contribution is -2.07. The van der Waals surface area contributed by atoms with Crippen LogP contribution in [0.25, 0.3) is 0 Å². The van der Waals surface area contributed by atoms with Crippen LogP contribution >= 0.6 is 11.6 Å². The fraction of sp³-hybridized carbons (Fsp3) is 0.167. The minimum Gasteiger partial charge on any atom is -0.363 e. The van der Waals surface area contributed by atoms with E-state index in [1.807, 2.05) is 30.3 Å². The maximum atomic E-state index is 5.84.